The molecule has 0 fully saturated rings. The van der Waals surface area contributed by atoms with Gasteiger partial charge in [-0.05, 0) is 62.0 Å². The van der Waals surface area contributed by atoms with E-state index in [-0.39, 0.29) is 11.9 Å². The van der Waals surface area contributed by atoms with E-state index in [1.807, 2.05) is 62.8 Å². The van der Waals surface area contributed by atoms with Crippen LogP contribution in [-0.2, 0) is 0 Å². The number of hydrogen-bond donors (Lipinski definition) is 2. The summed E-state index contributed by atoms with van der Waals surface area (Å²) in [5, 5.41) is 11.3. The smallest absolute Gasteiger partial charge is 0.251 e. The Labute approximate surface area is 176 Å². The van der Waals surface area contributed by atoms with E-state index in [0.29, 0.717) is 5.56 Å². The zero-order valence-electron chi connectivity index (χ0n) is 17.5. The van der Waals surface area contributed by atoms with Crippen LogP contribution < -0.4 is 5.32 Å². The summed E-state index contributed by atoms with van der Waals surface area (Å²) in [4.78, 5) is 15.2. The number of carbonyl (C=O) groups excluding carboxylic acids is 1. The number of benzene rings is 3. The van der Waals surface area contributed by atoms with Crippen LogP contribution in [0.3, 0.4) is 0 Å². The molecular weight excluding hydrogens is 372 g/mol. The van der Waals surface area contributed by atoms with Crippen molar-refractivity contribution >= 4 is 16.8 Å². The van der Waals surface area contributed by atoms with E-state index >= 15 is 0 Å². The number of rotatable bonds is 6. The highest BCUT2D eigenvalue weighted by Gasteiger charge is 2.17. The number of aromatic amines is 1. The SMILES string of the molecule is Cc1cccc(C(CN(C)C)NC(=O)c2cccc(-c3ccc4[nH]ncc4c3)c2)c1. The van der Waals surface area contributed by atoms with Gasteiger partial charge in [-0.15, -0.1) is 0 Å². The van der Waals surface area contributed by atoms with E-state index in [1.165, 1.54) is 5.56 Å². The number of amides is 1. The first-order valence-corrected chi connectivity index (χ1v) is 10.1. The number of nitrogens with zero attached hydrogens (tertiary/aromatic N) is 2. The lowest BCUT2D eigenvalue weighted by molar-refractivity contribution is 0.0930. The van der Waals surface area contributed by atoms with Gasteiger partial charge in [0.1, 0.15) is 0 Å². The molecule has 0 saturated carbocycles. The maximum absolute atomic E-state index is 13.1. The minimum absolute atomic E-state index is 0.0744. The van der Waals surface area contributed by atoms with Crippen LogP contribution >= 0.6 is 0 Å². The number of carbonyl (C=O) groups is 1. The Morgan fingerprint density at radius 3 is 2.63 bits per heavy atom. The average molecular weight is 399 g/mol. The largest absolute Gasteiger partial charge is 0.344 e. The monoisotopic (exact) mass is 398 g/mol. The van der Waals surface area contributed by atoms with Gasteiger partial charge >= 0.3 is 0 Å². The second-order valence-corrected chi connectivity index (χ2v) is 7.96. The summed E-state index contributed by atoms with van der Waals surface area (Å²) < 4.78 is 0. The lowest BCUT2D eigenvalue weighted by Gasteiger charge is -2.23. The van der Waals surface area contributed by atoms with Gasteiger partial charge in [0, 0.05) is 17.5 Å². The summed E-state index contributed by atoms with van der Waals surface area (Å²) in [6.45, 7) is 2.80. The van der Waals surface area contributed by atoms with E-state index in [1.54, 1.807) is 0 Å². The number of nitrogens with one attached hydrogen (secondary N) is 2. The van der Waals surface area contributed by atoms with Crippen molar-refractivity contribution in [2.75, 3.05) is 20.6 Å². The molecule has 4 rings (SSSR count). The first-order chi connectivity index (χ1) is 14.5. The van der Waals surface area contributed by atoms with Gasteiger partial charge in [-0.1, -0.05) is 48.0 Å². The summed E-state index contributed by atoms with van der Waals surface area (Å²) in [5.41, 5.74) is 6.00. The van der Waals surface area contributed by atoms with Crippen LogP contribution in [0.5, 0.6) is 0 Å². The number of aromatic nitrogens is 2. The maximum Gasteiger partial charge on any atom is 0.251 e. The van der Waals surface area contributed by atoms with Gasteiger partial charge in [-0.25, -0.2) is 0 Å². The molecule has 2 N–H and O–H groups in total. The number of H-pyrrole nitrogens is 1. The standard InChI is InChI=1S/C25H26N4O/c1-17-6-4-8-20(12-17)24(16-29(2)3)27-25(30)21-9-5-7-18(13-21)19-10-11-23-22(14-19)15-26-28-23/h4-15,24H,16H2,1-3H3,(H,26,28)(H,27,30). The molecule has 30 heavy (non-hydrogen) atoms. The molecule has 5 heteroatoms. The average Bonchev–Trinajstić information content (AvgIpc) is 3.21. The summed E-state index contributed by atoms with van der Waals surface area (Å²) in [7, 11) is 4.03. The third kappa shape index (κ3) is 4.42. The van der Waals surface area contributed by atoms with Crippen LogP contribution in [0, 0.1) is 6.92 Å². The van der Waals surface area contributed by atoms with Crippen LogP contribution in [0.4, 0.5) is 0 Å². The van der Waals surface area contributed by atoms with Gasteiger partial charge < -0.3 is 10.2 Å². The molecule has 1 unspecified atom stereocenters. The molecular formula is C25H26N4O. The van der Waals surface area contributed by atoms with Gasteiger partial charge in [-0.3, -0.25) is 9.89 Å². The van der Waals surface area contributed by atoms with Crippen LogP contribution in [0.15, 0.2) is 72.9 Å². The molecule has 1 amide bonds. The number of fused-ring (bicyclic) bond motifs is 1. The molecule has 152 valence electrons. The Hall–Kier alpha value is -3.44. The molecule has 0 aliphatic heterocycles. The van der Waals surface area contributed by atoms with Crippen molar-refractivity contribution in [1.29, 1.82) is 0 Å². The summed E-state index contributed by atoms with van der Waals surface area (Å²) in [5.74, 6) is -0.0744. The highest BCUT2D eigenvalue weighted by atomic mass is 16.1. The molecule has 1 heterocycles. The zero-order chi connectivity index (χ0) is 21.1. The van der Waals surface area contributed by atoms with Crippen molar-refractivity contribution in [2.45, 2.75) is 13.0 Å². The first kappa shape index (κ1) is 19.9. The second-order valence-electron chi connectivity index (χ2n) is 7.96. The molecule has 0 saturated heterocycles. The van der Waals surface area contributed by atoms with E-state index in [9.17, 15) is 4.79 Å². The lowest BCUT2D eigenvalue weighted by atomic mass is 10.0. The van der Waals surface area contributed by atoms with E-state index in [0.717, 1.165) is 34.1 Å². The fraction of sp³-hybridized carbons (Fsp3) is 0.200. The normalized spacial score (nSPS) is 12.3. The van der Waals surface area contributed by atoms with Gasteiger partial charge in [-0.2, -0.15) is 5.10 Å². The highest BCUT2D eigenvalue weighted by molar-refractivity contribution is 5.96. The van der Waals surface area contributed by atoms with Crippen molar-refractivity contribution in [3.05, 3.63) is 89.6 Å². The fourth-order valence-corrected chi connectivity index (χ4v) is 3.69. The molecule has 1 atom stereocenters. The molecule has 0 aliphatic rings. The third-order valence-electron chi connectivity index (χ3n) is 5.20. The molecule has 3 aromatic carbocycles. The minimum Gasteiger partial charge on any atom is -0.344 e. The van der Waals surface area contributed by atoms with Crippen LogP contribution in [0.2, 0.25) is 0 Å². The van der Waals surface area contributed by atoms with Crippen molar-refractivity contribution < 1.29 is 4.79 Å². The molecule has 5 nitrogen and oxygen atoms in total. The Balaban J connectivity index is 1.59. The predicted octanol–water partition coefficient (Wildman–Crippen LogP) is 4.57. The lowest BCUT2D eigenvalue weighted by Crippen LogP contribution is -2.35. The quantitative estimate of drug-likeness (QED) is 0.500. The fourth-order valence-electron chi connectivity index (χ4n) is 3.69. The van der Waals surface area contributed by atoms with Crippen LogP contribution in [-0.4, -0.2) is 41.6 Å². The molecule has 0 bridgehead atoms. The molecule has 0 spiro atoms. The van der Waals surface area contributed by atoms with Crippen molar-refractivity contribution in [1.82, 2.24) is 20.4 Å². The van der Waals surface area contributed by atoms with E-state index < -0.39 is 0 Å². The summed E-state index contributed by atoms with van der Waals surface area (Å²) >= 11 is 0. The number of likely N-dealkylation sites (N-methyl/N-ethyl adjacent to an activating group) is 1. The van der Waals surface area contributed by atoms with Gasteiger partial charge in [0.25, 0.3) is 5.91 Å². The van der Waals surface area contributed by atoms with Crippen molar-refractivity contribution in [3.63, 3.8) is 0 Å². The summed E-state index contributed by atoms with van der Waals surface area (Å²) in [6, 6.07) is 22.1. The highest BCUT2D eigenvalue weighted by Crippen LogP contribution is 2.25. The predicted molar refractivity (Wildman–Crippen MR) is 121 cm³/mol. The number of hydrogen-bond acceptors (Lipinski definition) is 3. The molecule has 0 radical (unpaired) electrons. The minimum atomic E-state index is -0.0849. The van der Waals surface area contributed by atoms with Crippen molar-refractivity contribution in [3.8, 4) is 11.1 Å². The van der Waals surface area contributed by atoms with E-state index in [2.05, 4.69) is 51.6 Å². The van der Waals surface area contributed by atoms with E-state index in [4.69, 9.17) is 0 Å². The second kappa shape index (κ2) is 8.51. The third-order valence-corrected chi connectivity index (χ3v) is 5.20. The van der Waals surface area contributed by atoms with Gasteiger partial charge in [0.15, 0.2) is 0 Å². The maximum atomic E-state index is 13.1. The zero-order valence-corrected chi connectivity index (χ0v) is 17.5. The van der Waals surface area contributed by atoms with Crippen LogP contribution in [0.1, 0.15) is 27.5 Å². The molecule has 0 aliphatic carbocycles. The Morgan fingerprint density at radius 1 is 1.03 bits per heavy atom. The molecule has 4 aromatic rings. The van der Waals surface area contributed by atoms with Gasteiger partial charge in [0.2, 0.25) is 0 Å². The molecule has 1 aromatic heterocycles. The van der Waals surface area contributed by atoms with Crippen molar-refractivity contribution in [2.24, 2.45) is 0 Å². The topological polar surface area (TPSA) is 61.0 Å². The number of aryl methyl sites for hydroxylation is 1. The summed E-state index contributed by atoms with van der Waals surface area (Å²) in [6.07, 6.45) is 1.81. The Kier molecular flexibility index (Phi) is 5.63. The first-order valence-electron chi connectivity index (χ1n) is 10.1. The van der Waals surface area contributed by atoms with Gasteiger partial charge in [0.05, 0.1) is 17.8 Å². The Morgan fingerprint density at radius 2 is 1.83 bits per heavy atom. The van der Waals surface area contributed by atoms with Crippen LogP contribution in [0.25, 0.3) is 22.0 Å². The Bertz CT molecular complexity index is 1180.